The highest BCUT2D eigenvalue weighted by atomic mass is 35.5. The summed E-state index contributed by atoms with van der Waals surface area (Å²) in [5.41, 5.74) is 1.52. The van der Waals surface area contributed by atoms with Gasteiger partial charge < -0.3 is 10.6 Å². The molecule has 0 saturated heterocycles. The number of hydrogen-bond donors (Lipinski definition) is 1. The maximum absolute atomic E-state index is 7.20. The molecule has 14 heavy (non-hydrogen) atoms. The van der Waals surface area contributed by atoms with Gasteiger partial charge in [-0.05, 0) is 11.6 Å². The summed E-state index contributed by atoms with van der Waals surface area (Å²) < 4.78 is 14.4. The second-order valence-corrected chi connectivity index (χ2v) is 3.48. The Labute approximate surface area is 90.3 Å². The topological polar surface area (TPSA) is 54.5 Å². The third kappa shape index (κ3) is 1.96. The summed E-state index contributed by atoms with van der Waals surface area (Å²) in [6, 6.07) is 3.60. The fourth-order valence-corrected chi connectivity index (χ4v) is 1.45. The van der Waals surface area contributed by atoms with E-state index in [1.165, 1.54) is 0 Å². The number of hydrogen-bond acceptors (Lipinski definition) is 4. The molecule has 0 spiro atoms. The number of aliphatic imine (C=N–C) groups is 1. The molecule has 0 radical (unpaired) electrons. The third-order valence-corrected chi connectivity index (χ3v) is 2.29. The highest BCUT2D eigenvalue weighted by Crippen LogP contribution is 2.09. The number of nitrogens with two attached hydrogens (primary N) is 1. The van der Waals surface area contributed by atoms with Crippen molar-refractivity contribution in [1.82, 2.24) is 9.88 Å². The van der Waals surface area contributed by atoms with Gasteiger partial charge in [-0.15, -0.1) is 0 Å². The summed E-state index contributed by atoms with van der Waals surface area (Å²) in [6.07, 6.45) is 1.69. The standard InChI is InChI=1S/C9H11ClN4/c10-8-2-1-7(5-13-8)6-14-4-3-12-9(14)11/h1-2,5H,3-4,6H2,(H2,11,12)/i/hD2. The minimum absolute atomic E-state index is 0.370. The lowest BCUT2D eigenvalue weighted by molar-refractivity contribution is 0.447. The molecule has 0 bridgehead atoms. The zero-order valence-corrected chi connectivity index (χ0v) is 8.28. The van der Waals surface area contributed by atoms with Crippen molar-refractivity contribution in [3.63, 3.8) is 0 Å². The van der Waals surface area contributed by atoms with Crippen molar-refractivity contribution in [1.29, 1.82) is 0 Å². The predicted molar refractivity (Wildman–Crippen MR) is 56.1 cm³/mol. The molecule has 2 rings (SSSR count). The maximum atomic E-state index is 7.20. The van der Waals surface area contributed by atoms with Crippen molar-refractivity contribution in [2.75, 3.05) is 13.1 Å². The molecule has 4 nitrogen and oxygen atoms in total. The molecule has 0 unspecified atom stereocenters. The molecule has 1 aromatic rings. The average molecular weight is 213 g/mol. The highest BCUT2D eigenvalue weighted by molar-refractivity contribution is 6.29. The Morgan fingerprint density at radius 2 is 2.57 bits per heavy atom. The van der Waals surface area contributed by atoms with E-state index in [9.17, 15) is 0 Å². The van der Waals surface area contributed by atoms with Crippen LogP contribution in [0.3, 0.4) is 0 Å². The Morgan fingerprint density at radius 1 is 1.64 bits per heavy atom. The van der Waals surface area contributed by atoms with Crippen LogP contribution < -0.4 is 5.72 Å². The third-order valence-electron chi connectivity index (χ3n) is 2.07. The van der Waals surface area contributed by atoms with Gasteiger partial charge in [0.2, 0.25) is 0 Å². The van der Waals surface area contributed by atoms with Gasteiger partial charge in [-0.3, -0.25) is 4.99 Å². The Hall–Kier alpha value is -1.29. The fourth-order valence-electron chi connectivity index (χ4n) is 1.34. The molecule has 2 heterocycles. The average Bonchev–Trinajstić information content (AvgIpc) is 2.69. The van der Waals surface area contributed by atoms with Crippen molar-refractivity contribution >= 4 is 17.6 Å². The quantitative estimate of drug-likeness (QED) is 0.740. The van der Waals surface area contributed by atoms with Gasteiger partial charge >= 0.3 is 0 Å². The largest absolute Gasteiger partial charge is 0.370 e. The summed E-state index contributed by atoms with van der Waals surface area (Å²) in [6.45, 7) is 1.95. The van der Waals surface area contributed by atoms with Gasteiger partial charge in [-0.1, -0.05) is 17.7 Å². The summed E-state index contributed by atoms with van der Waals surface area (Å²) >= 11 is 5.69. The minimum atomic E-state index is 0.370. The number of nitrogens with zero attached hydrogens (tertiary/aromatic N) is 3. The van der Waals surface area contributed by atoms with Gasteiger partial charge in [-0.25, -0.2) is 4.98 Å². The summed E-state index contributed by atoms with van der Waals surface area (Å²) in [5, 5.41) is 0.460. The molecule has 1 aliphatic heterocycles. The van der Waals surface area contributed by atoms with Gasteiger partial charge in [0, 0.05) is 19.3 Å². The molecule has 1 aliphatic rings. The number of rotatable bonds is 2. The molecule has 0 amide bonds. The van der Waals surface area contributed by atoms with Crippen LogP contribution in [0.25, 0.3) is 0 Å². The minimum Gasteiger partial charge on any atom is -0.370 e. The van der Waals surface area contributed by atoms with Gasteiger partial charge in [-0.2, -0.15) is 0 Å². The summed E-state index contributed by atoms with van der Waals surface area (Å²) in [4.78, 5) is 9.93. The van der Waals surface area contributed by atoms with Crippen molar-refractivity contribution < 1.29 is 2.82 Å². The maximum Gasteiger partial charge on any atom is 0.191 e. The van der Waals surface area contributed by atoms with Crippen LogP contribution in [-0.2, 0) is 6.54 Å². The van der Waals surface area contributed by atoms with Crippen LogP contribution in [0.15, 0.2) is 23.3 Å². The van der Waals surface area contributed by atoms with Crippen LogP contribution in [0.2, 0.25) is 7.98 Å². The van der Waals surface area contributed by atoms with Gasteiger partial charge in [0.15, 0.2) is 8.78 Å². The smallest absolute Gasteiger partial charge is 0.191 e. The molecule has 0 atom stereocenters. The normalized spacial score (nSPS) is 17.5. The van der Waals surface area contributed by atoms with Crippen molar-refractivity contribution in [2.45, 2.75) is 6.54 Å². The molecule has 74 valence electrons. The first kappa shape index (κ1) is 7.06. The molecular weight excluding hydrogens is 200 g/mol. The highest BCUT2D eigenvalue weighted by Gasteiger charge is 2.13. The molecular formula is C9H11ClN4. The van der Waals surface area contributed by atoms with Crippen LogP contribution in [0.1, 0.15) is 5.56 Å². The van der Waals surface area contributed by atoms with E-state index in [0.717, 1.165) is 12.1 Å². The van der Waals surface area contributed by atoms with Crippen LogP contribution in [0.5, 0.6) is 0 Å². The first-order valence-electron chi connectivity index (χ1n) is 5.24. The zero-order chi connectivity index (χ0) is 11.5. The van der Waals surface area contributed by atoms with Crippen molar-refractivity contribution in [3.05, 3.63) is 29.0 Å². The van der Waals surface area contributed by atoms with Gasteiger partial charge in [0.1, 0.15) is 5.15 Å². The first-order valence-corrected chi connectivity index (χ1v) is 4.72. The molecule has 0 aliphatic carbocycles. The molecule has 5 heteroatoms. The van der Waals surface area contributed by atoms with Crippen molar-refractivity contribution in [2.24, 2.45) is 10.7 Å². The van der Waals surface area contributed by atoms with Crippen molar-refractivity contribution in [3.8, 4) is 0 Å². The SMILES string of the molecule is [2H]N([2H])C1=NCCN1Cc1ccc(Cl)nc1. The van der Waals surface area contributed by atoms with E-state index >= 15 is 0 Å². The lowest BCUT2D eigenvalue weighted by Gasteiger charge is -2.16. The van der Waals surface area contributed by atoms with Crippen LogP contribution in [0.4, 0.5) is 0 Å². The van der Waals surface area contributed by atoms with E-state index in [1.54, 1.807) is 12.3 Å². The zero-order valence-electron chi connectivity index (χ0n) is 9.52. The Kier molecular flexibility index (Phi) is 1.94. The molecule has 0 aromatic carbocycles. The number of pyridine rings is 1. The molecule has 2 N–H and O–H groups in total. The predicted octanol–water partition coefficient (Wildman–Crippen LogP) is 0.865. The lowest BCUT2D eigenvalue weighted by atomic mass is 10.3. The number of aromatic nitrogens is 1. The van der Waals surface area contributed by atoms with Gasteiger partial charge in [0.05, 0.1) is 6.54 Å². The summed E-state index contributed by atoms with van der Waals surface area (Å²) in [7, 11) is 0. The monoisotopic (exact) mass is 212 g/mol. The van der Waals surface area contributed by atoms with Crippen LogP contribution in [-0.4, -0.2) is 28.9 Å². The number of halogens is 1. The van der Waals surface area contributed by atoms with E-state index < -0.39 is 0 Å². The Bertz CT molecular complexity index is 393. The van der Waals surface area contributed by atoms with E-state index in [4.69, 9.17) is 14.4 Å². The van der Waals surface area contributed by atoms with E-state index in [1.807, 2.05) is 11.0 Å². The number of guanidine groups is 1. The molecule has 0 fully saturated rings. The van der Waals surface area contributed by atoms with E-state index in [-0.39, 0.29) is 0 Å². The van der Waals surface area contributed by atoms with Crippen LogP contribution in [0, 0.1) is 0 Å². The van der Waals surface area contributed by atoms with E-state index in [0.29, 0.717) is 29.9 Å². The van der Waals surface area contributed by atoms with Crippen LogP contribution >= 0.6 is 11.6 Å². The second-order valence-electron chi connectivity index (χ2n) is 3.09. The Morgan fingerprint density at radius 3 is 3.29 bits per heavy atom. The Balaban J connectivity index is 2.05. The van der Waals surface area contributed by atoms with E-state index in [2.05, 4.69) is 9.98 Å². The summed E-state index contributed by atoms with van der Waals surface area (Å²) in [5.74, 6) is 0.370. The second kappa shape index (κ2) is 3.84. The lowest BCUT2D eigenvalue weighted by Crippen LogP contribution is -2.33. The van der Waals surface area contributed by atoms with Gasteiger partial charge in [0.25, 0.3) is 0 Å². The first-order chi connectivity index (χ1) is 7.66. The molecule has 0 saturated carbocycles. The molecule has 1 aromatic heterocycles. The fraction of sp³-hybridized carbons (Fsp3) is 0.333.